The Morgan fingerprint density at radius 3 is 2.68 bits per heavy atom. The highest BCUT2D eigenvalue weighted by molar-refractivity contribution is 5.74. The van der Waals surface area contributed by atoms with Crippen LogP contribution >= 0.6 is 0 Å². The van der Waals surface area contributed by atoms with Crippen LogP contribution in [0.3, 0.4) is 0 Å². The van der Waals surface area contributed by atoms with Crippen molar-refractivity contribution in [3.8, 4) is 5.75 Å². The predicted octanol–water partition coefficient (Wildman–Crippen LogP) is 2.39. The van der Waals surface area contributed by atoms with Gasteiger partial charge >= 0.3 is 0 Å². The molecule has 1 aromatic rings. The average Bonchev–Trinajstić information content (AvgIpc) is 2.39. The number of rotatable bonds is 4. The molecule has 1 aliphatic rings. The molecule has 2 rings (SSSR count). The van der Waals surface area contributed by atoms with E-state index in [1.807, 2.05) is 42.5 Å². The van der Waals surface area contributed by atoms with Gasteiger partial charge in [0.1, 0.15) is 5.75 Å². The quantitative estimate of drug-likeness (QED) is 0.667. The summed E-state index contributed by atoms with van der Waals surface area (Å²) in [7, 11) is 1.57. The van der Waals surface area contributed by atoms with E-state index in [1.165, 1.54) is 6.92 Å². The number of nitrogens with one attached hydrogen (secondary N) is 1. The van der Waals surface area contributed by atoms with Gasteiger partial charge in [-0.25, -0.2) is 0 Å². The van der Waals surface area contributed by atoms with Crippen molar-refractivity contribution in [2.75, 3.05) is 7.11 Å². The fourth-order valence-electron chi connectivity index (χ4n) is 2.03. The normalized spacial score (nSPS) is 21.5. The fourth-order valence-corrected chi connectivity index (χ4v) is 2.03. The van der Waals surface area contributed by atoms with E-state index in [0.717, 1.165) is 6.42 Å². The van der Waals surface area contributed by atoms with Gasteiger partial charge in [0.15, 0.2) is 5.76 Å². The van der Waals surface area contributed by atoms with Crippen molar-refractivity contribution >= 4 is 5.91 Å². The molecule has 0 saturated carbocycles. The second kappa shape index (κ2) is 5.61. The summed E-state index contributed by atoms with van der Waals surface area (Å²) in [5.74, 6) is 1.05. The maximum Gasteiger partial charge on any atom is 0.260 e. The standard InChI is InChI=1S/C15H17NO3/c1-12(17)16-15(11-7-6-10-14(15)18-2)19-13-8-4-3-5-9-13/h3-5,7-11H,6H2,1-2H3,(H,16,17). The Kier molecular flexibility index (Phi) is 3.90. The van der Waals surface area contributed by atoms with E-state index in [1.54, 1.807) is 13.2 Å². The number of hydrogen-bond acceptors (Lipinski definition) is 3. The Bertz CT molecular complexity index is 507. The van der Waals surface area contributed by atoms with Crippen LogP contribution in [-0.2, 0) is 9.53 Å². The predicted molar refractivity (Wildman–Crippen MR) is 72.5 cm³/mol. The number of benzene rings is 1. The molecule has 0 bridgehead atoms. The minimum Gasteiger partial charge on any atom is -0.495 e. The van der Waals surface area contributed by atoms with Gasteiger partial charge in [0.2, 0.25) is 5.91 Å². The zero-order valence-corrected chi connectivity index (χ0v) is 11.1. The van der Waals surface area contributed by atoms with Crippen LogP contribution in [0.25, 0.3) is 0 Å². The Morgan fingerprint density at radius 2 is 2.05 bits per heavy atom. The van der Waals surface area contributed by atoms with E-state index in [4.69, 9.17) is 9.47 Å². The molecule has 0 aliphatic heterocycles. The van der Waals surface area contributed by atoms with Gasteiger partial charge in [-0.05, 0) is 30.7 Å². The summed E-state index contributed by atoms with van der Waals surface area (Å²) >= 11 is 0. The molecule has 0 saturated heterocycles. The third-order valence-electron chi connectivity index (χ3n) is 2.76. The Morgan fingerprint density at radius 1 is 1.32 bits per heavy atom. The van der Waals surface area contributed by atoms with Crippen LogP contribution in [0, 0.1) is 0 Å². The molecule has 1 atom stereocenters. The van der Waals surface area contributed by atoms with Crippen LogP contribution in [-0.4, -0.2) is 18.7 Å². The van der Waals surface area contributed by atoms with Gasteiger partial charge in [0, 0.05) is 6.92 Å². The lowest BCUT2D eigenvalue weighted by atomic mass is 10.0. The smallest absolute Gasteiger partial charge is 0.260 e. The van der Waals surface area contributed by atoms with Crippen molar-refractivity contribution in [1.29, 1.82) is 0 Å². The van der Waals surface area contributed by atoms with Crippen LogP contribution in [0.4, 0.5) is 0 Å². The number of carbonyl (C=O) groups excluding carboxylic acids is 1. The second-order valence-electron chi connectivity index (χ2n) is 4.24. The highest BCUT2D eigenvalue weighted by Gasteiger charge is 2.38. The first-order valence-corrected chi connectivity index (χ1v) is 6.11. The van der Waals surface area contributed by atoms with Gasteiger partial charge in [-0.2, -0.15) is 0 Å². The maximum atomic E-state index is 11.5. The first-order chi connectivity index (χ1) is 9.16. The van der Waals surface area contributed by atoms with Gasteiger partial charge in [-0.1, -0.05) is 24.3 Å². The Balaban J connectivity index is 2.34. The van der Waals surface area contributed by atoms with Crippen LogP contribution in [0.2, 0.25) is 0 Å². The van der Waals surface area contributed by atoms with E-state index in [-0.39, 0.29) is 5.91 Å². The summed E-state index contributed by atoms with van der Waals surface area (Å²) in [6.07, 6.45) is 6.38. The van der Waals surface area contributed by atoms with Crippen LogP contribution < -0.4 is 10.1 Å². The van der Waals surface area contributed by atoms with Gasteiger partial charge < -0.3 is 14.8 Å². The number of methoxy groups -OCH3 is 1. The fraction of sp³-hybridized carbons (Fsp3) is 0.267. The van der Waals surface area contributed by atoms with E-state index >= 15 is 0 Å². The monoisotopic (exact) mass is 259 g/mol. The molecule has 4 heteroatoms. The third-order valence-corrected chi connectivity index (χ3v) is 2.76. The largest absolute Gasteiger partial charge is 0.495 e. The molecule has 1 unspecified atom stereocenters. The third kappa shape index (κ3) is 2.96. The number of hydrogen-bond donors (Lipinski definition) is 1. The summed E-state index contributed by atoms with van der Waals surface area (Å²) in [5.41, 5.74) is -1.07. The first-order valence-electron chi connectivity index (χ1n) is 6.11. The highest BCUT2D eigenvalue weighted by atomic mass is 16.6. The van der Waals surface area contributed by atoms with Crippen LogP contribution in [0.5, 0.6) is 5.75 Å². The van der Waals surface area contributed by atoms with Crippen molar-refractivity contribution in [2.45, 2.75) is 19.1 Å². The first kappa shape index (κ1) is 13.2. The van der Waals surface area contributed by atoms with Gasteiger partial charge in [-0.15, -0.1) is 0 Å². The highest BCUT2D eigenvalue weighted by Crippen LogP contribution is 2.28. The molecule has 0 radical (unpaired) electrons. The molecule has 19 heavy (non-hydrogen) atoms. The zero-order chi connectivity index (χ0) is 13.7. The Labute approximate surface area is 112 Å². The van der Waals surface area contributed by atoms with Gasteiger partial charge in [-0.3, -0.25) is 4.79 Å². The van der Waals surface area contributed by atoms with Crippen molar-refractivity contribution in [3.63, 3.8) is 0 Å². The van der Waals surface area contributed by atoms with Crippen molar-refractivity contribution in [2.24, 2.45) is 0 Å². The van der Waals surface area contributed by atoms with Crippen molar-refractivity contribution in [3.05, 3.63) is 54.3 Å². The van der Waals surface area contributed by atoms with Gasteiger partial charge in [0.05, 0.1) is 7.11 Å². The number of allylic oxidation sites excluding steroid dienone is 2. The molecule has 1 aromatic carbocycles. The Hall–Kier alpha value is -2.23. The minimum absolute atomic E-state index is 0.189. The lowest BCUT2D eigenvalue weighted by Crippen LogP contribution is -2.53. The summed E-state index contributed by atoms with van der Waals surface area (Å²) in [6.45, 7) is 1.45. The van der Waals surface area contributed by atoms with E-state index in [9.17, 15) is 4.79 Å². The molecule has 1 amide bonds. The lowest BCUT2D eigenvalue weighted by molar-refractivity contribution is -0.123. The van der Waals surface area contributed by atoms with E-state index in [2.05, 4.69) is 5.32 Å². The van der Waals surface area contributed by atoms with Crippen molar-refractivity contribution < 1.29 is 14.3 Å². The van der Waals surface area contributed by atoms with Gasteiger partial charge in [0.25, 0.3) is 5.72 Å². The molecule has 0 spiro atoms. The molecular weight excluding hydrogens is 242 g/mol. The SMILES string of the molecule is COC1=CCC=CC1(NC(C)=O)Oc1ccccc1. The van der Waals surface area contributed by atoms with Crippen LogP contribution in [0.1, 0.15) is 13.3 Å². The summed E-state index contributed by atoms with van der Waals surface area (Å²) < 4.78 is 11.3. The number of carbonyl (C=O) groups is 1. The molecule has 100 valence electrons. The summed E-state index contributed by atoms with van der Waals surface area (Å²) in [6, 6.07) is 9.32. The molecule has 4 nitrogen and oxygen atoms in total. The average molecular weight is 259 g/mol. The van der Waals surface area contributed by atoms with Crippen molar-refractivity contribution in [1.82, 2.24) is 5.32 Å². The molecule has 0 aromatic heterocycles. The maximum absolute atomic E-state index is 11.5. The number of ether oxygens (including phenoxy) is 2. The lowest BCUT2D eigenvalue weighted by Gasteiger charge is -2.34. The zero-order valence-electron chi connectivity index (χ0n) is 11.1. The van der Waals surface area contributed by atoms with Crippen LogP contribution in [0.15, 0.2) is 54.3 Å². The molecule has 0 fully saturated rings. The molecular formula is C15H17NO3. The second-order valence-corrected chi connectivity index (χ2v) is 4.24. The molecule has 1 aliphatic carbocycles. The minimum atomic E-state index is -1.07. The topological polar surface area (TPSA) is 47.6 Å². The van der Waals surface area contributed by atoms with E-state index in [0.29, 0.717) is 11.5 Å². The summed E-state index contributed by atoms with van der Waals surface area (Å²) in [4.78, 5) is 11.5. The number of para-hydroxylation sites is 1. The number of amides is 1. The molecule has 1 N–H and O–H groups in total. The van der Waals surface area contributed by atoms with E-state index < -0.39 is 5.72 Å². The molecule has 0 heterocycles. The summed E-state index contributed by atoms with van der Waals surface area (Å²) in [5, 5.41) is 2.80.